The molecule has 1 aromatic heterocycles. The molecule has 0 aliphatic carbocycles. The number of hydrogen-bond acceptors (Lipinski definition) is 5. The number of aromatic nitrogens is 2. The van der Waals surface area contributed by atoms with Gasteiger partial charge < -0.3 is 15.2 Å². The van der Waals surface area contributed by atoms with Gasteiger partial charge in [-0.15, -0.1) is 0 Å². The first kappa shape index (κ1) is 9.51. The average molecular weight is 205 g/mol. The van der Waals surface area contributed by atoms with Gasteiger partial charge in [-0.1, -0.05) is 6.07 Å². The molecule has 0 atom stereocenters. The lowest BCUT2D eigenvalue weighted by atomic mass is 10.2. The van der Waals surface area contributed by atoms with Gasteiger partial charge in [-0.05, 0) is 12.1 Å². The van der Waals surface area contributed by atoms with E-state index < -0.39 is 0 Å². The Morgan fingerprint density at radius 2 is 1.93 bits per heavy atom. The lowest BCUT2D eigenvalue weighted by Gasteiger charge is -2.08. The number of nitrogens with zero attached hydrogens (tertiary/aromatic N) is 2. The Balaban J connectivity index is 2.84. The van der Waals surface area contributed by atoms with Crippen molar-refractivity contribution in [2.45, 2.75) is 0 Å². The van der Waals surface area contributed by atoms with E-state index in [4.69, 9.17) is 15.2 Å². The predicted octanol–water partition coefficient (Wildman–Crippen LogP) is 1.23. The highest BCUT2D eigenvalue weighted by Gasteiger charge is 2.10. The largest absolute Gasteiger partial charge is 0.496 e. The quantitative estimate of drug-likeness (QED) is 0.798. The fraction of sp³-hybridized carbons (Fsp3) is 0.200. The standard InChI is InChI=1S/C10H11N3O2/c1-14-7-5-3-4-6-8(7)9(15-2)13-10(11)12-6/h3-5H,1-2H3,(H2,11,12,13). The number of nitrogens with two attached hydrogens (primary N) is 1. The molecule has 2 rings (SSSR count). The second kappa shape index (κ2) is 3.61. The highest BCUT2D eigenvalue weighted by Crippen LogP contribution is 2.31. The molecule has 2 N–H and O–H groups in total. The molecule has 2 aromatic rings. The number of nitrogen functional groups attached to an aromatic ring is 1. The summed E-state index contributed by atoms with van der Waals surface area (Å²) in [4.78, 5) is 8.09. The van der Waals surface area contributed by atoms with Gasteiger partial charge in [0, 0.05) is 0 Å². The van der Waals surface area contributed by atoms with Gasteiger partial charge in [0.05, 0.1) is 19.7 Å². The Morgan fingerprint density at radius 1 is 1.13 bits per heavy atom. The van der Waals surface area contributed by atoms with Crippen molar-refractivity contribution in [3.8, 4) is 11.6 Å². The molecular weight excluding hydrogens is 194 g/mol. The van der Waals surface area contributed by atoms with Crippen LogP contribution in [0, 0.1) is 0 Å². The molecule has 0 amide bonds. The van der Waals surface area contributed by atoms with Crippen LogP contribution in [0.25, 0.3) is 10.9 Å². The molecule has 0 saturated heterocycles. The summed E-state index contributed by atoms with van der Waals surface area (Å²) in [5, 5.41) is 0.733. The highest BCUT2D eigenvalue weighted by atomic mass is 16.5. The van der Waals surface area contributed by atoms with E-state index >= 15 is 0 Å². The molecule has 0 unspecified atom stereocenters. The third-order valence-electron chi connectivity index (χ3n) is 2.08. The van der Waals surface area contributed by atoms with Crippen molar-refractivity contribution in [3.63, 3.8) is 0 Å². The molecule has 0 aliphatic heterocycles. The van der Waals surface area contributed by atoms with Crippen molar-refractivity contribution in [1.29, 1.82) is 0 Å². The van der Waals surface area contributed by atoms with Gasteiger partial charge in [0.15, 0.2) is 0 Å². The van der Waals surface area contributed by atoms with Crippen LogP contribution in [0.1, 0.15) is 0 Å². The molecule has 1 aromatic carbocycles. The number of ether oxygens (including phenoxy) is 2. The SMILES string of the molecule is COc1cccc2nc(N)nc(OC)c12. The number of rotatable bonds is 2. The Hall–Kier alpha value is -2.04. The van der Waals surface area contributed by atoms with E-state index in [0.29, 0.717) is 17.1 Å². The monoisotopic (exact) mass is 205 g/mol. The molecule has 5 nitrogen and oxygen atoms in total. The first-order valence-electron chi connectivity index (χ1n) is 4.40. The summed E-state index contributed by atoms with van der Waals surface area (Å²) in [7, 11) is 3.12. The van der Waals surface area contributed by atoms with Gasteiger partial charge in [-0.3, -0.25) is 0 Å². The molecular formula is C10H11N3O2. The van der Waals surface area contributed by atoms with Crippen LogP contribution in [0.15, 0.2) is 18.2 Å². The summed E-state index contributed by atoms with van der Waals surface area (Å²) in [6.07, 6.45) is 0. The zero-order valence-electron chi connectivity index (χ0n) is 8.52. The molecule has 0 fully saturated rings. The van der Waals surface area contributed by atoms with Crippen molar-refractivity contribution in [1.82, 2.24) is 9.97 Å². The van der Waals surface area contributed by atoms with Gasteiger partial charge in [0.2, 0.25) is 11.8 Å². The minimum Gasteiger partial charge on any atom is -0.496 e. The number of hydrogen-bond donors (Lipinski definition) is 1. The van der Waals surface area contributed by atoms with Crippen molar-refractivity contribution in [2.75, 3.05) is 20.0 Å². The van der Waals surface area contributed by atoms with Crippen LogP contribution >= 0.6 is 0 Å². The van der Waals surface area contributed by atoms with Crippen LogP contribution in [0.5, 0.6) is 11.6 Å². The van der Waals surface area contributed by atoms with Crippen molar-refractivity contribution < 1.29 is 9.47 Å². The molecule has 0 bridgehead atoms. The summed E-state index contributed by atoms with van der Waals surface area (Å²) >= 11 is 0. The fourth-order valence-corrected chi connectivity index (χ4v) is 1.45. The van der Waals surface area contributed by atoms with Gasteiger partial charge in [0.1, 0.15) is 11.1 Å². The second-order valence-corrected chi connectivity index (χ2v) is 2.95. The molecule has 0 radical (unpaired) electrons. The minimum atomic E-state index is 0.188. The first-order chi connectivity index (χ1) is 7.26. The van der Waals surface area contributed by atoms with Crippen molar-refractivity contribution in [2.24, 2.45) is 0 Å². The third kappa shape index (κ3) is 1.52. The molecule has 0 aliphatic rings. The maximum atomic E-state index is 5.55. The summed E-state index contributed by atoms with van der Waals surface area (Å²) in [6.45, 7) is 0. The van der Waals surface area contributed by atoms with Gasteiger partial charge >= 0.3 is 0 Å². The predicted molar refractivity (Wildman–Crippen MR) is 57.1 cm³/mol. The molecule has 5 heteroatoms. The smallest absolute Gasteiger partial charge is 0.229 e. The van der Waals surface area contributed by atoms with Gasteiger partial charge in [-0.2, -0.15) is 4.98 Å². The Kier molecular flexibility index (Phi) is 2.29. The van der Waals surface area contributed by atoms with Crippen LogP contribution in [0.3, 0.4) is 0 Å². The summed E-state index contributed by atoms with van der Waals surface area (Å²) < 4.78 is 10.3. The third-order valence-corrected chi connectivity index (χ3v) is 2.08. The van der Waals surface area contributed by atoms with Crippen molar-refractivity contribution in [3.05, 3.63) is 18.2 Å². The first-order valence-corrected chi connectivity index (χ1v) is 4.40. The van der Waals surface area contributed by atoms with Gasteiger partial charge in [0.25, 0.3) is 0 Å². The number of methoxy groups -OCH3 is 2. The minimum absolute atomic E-state index is 0.188. The van der Waals surface area contributed by atoms with Crippen LogP contribution < -0.4 is 15.2 Å². The number of benzene rings is 1. The van der Waals surface area contributed by atoms with Crippen LogP contribution in [-0.4, -0.2) is 24.2 Å². The maximum Gasteiger partial charge on any atom is 0.229 e. The number of fused-ring (bicyclic) bond motifs is 1. The Bertz CT molecular complexity index is 499. The number of anilines is 1. The van der Waals surface area contributed by atoms with Crippen LogP contribution in [0.4, 0.5) is 5.95 Å². The lowest BCUT2D eigenvalue weighted by Crippen LogP contribution is -1.99. The van der Waals surface area contributed by atoms with Crippen LogP contribution in [-0.2, 0) is 0 Å². The van der Waals surface area contributed by atoms with E-state index in [1.165, 1.54) is 7.11 Å². The van der Waals surface area contributed by atoms with E-state index in [-0.39, 0.29) is 5.95 Å². The average Bonchev–Trinajstić information content (AvgIpc) is 2.26. The molecule has 15 heavy (non-hydrogen) atoms. The zero-order valence-corrected chi connectivity index (χ0v) is 8.52. The zero-order chi connectivity index (χ0) is 10.8. The van der Waals surface area contributed by atoms with E-state index in [2.05, 4.69) is 9.97 Å². The normalized spacial score (nSPS) is 10.3. The highest BCUT2D eigenvalue weighted by molar-refractivity contribution is 5.90. The van der Waals surface area contributed by atoms with Crippen molar-refractivity contribution >= 4 is 16.9 Å². The molecule has 0 saturated carbocycles. The molecule has 78 valence electrons. The van der Waals surface area contributed by atoms with Crippen LogP contribution in [0.2, 0.25) is 0 Å². The topological polar surface area (TPSA) is 70.3 Å². The Morgan fingerprint density at radius 3 is 2.60 bits per heavy atom. The van der Waals surface area contributed by atoms with E-state index in [9.17, 15) is 0 Å². The summed E-state index contributed by atoms with van der Waals surface area (Å²) in [5.41, 5.74) is 6.26. The van der Waals surface area contributed by atoms with Gasteiger partial charge in [-0.25, -0.2) is 4.98 Å². The maximum absolute atomic E-state index is 5.55. The fourth-order valence-electron chi connectivity index (χ4n) is 1.45. The van der Waals surface area contributed by atoms with E-state index in [1.807, 2.05) is 18.2 Å². The lowest BCUT2D eigenvalue weighted by molar-refractivity contribution is 0.394. The van der Waals surface area contributed by atoms with E-state index in [1.54, 1.807) is 7.11 Å². The summed E-state index contributed by atoms with van der Waals surface area (Å²) in [6, 6.07) is 5.50. The molecule has 1 heterocycles. The summed E-state index contributed by atoms with van der Waals surface area (Å²) in [5.74, 6) is 1.28. The second-order valence-electron chi connectivity index (χ2n) is 2.95. The van der Waals surface area contributed by atoms with E-state index in [0.717, 1.165) is 5.39 Å². The Labute approximate surface area is 86.8 Å². The molecule has 0 spiro atoms.